The summed E-state index contributed by atoms with van der Waals surface area (Å²) in [5.41, 5.74) is 1.11. The molecule has 104 valence electrons. The summed E-state index contributed by atoms with van der Waals surface area (Å²) in [5.74, 6) is 0.0654. The molecule has 2 heteroatoms. The Morgan fingerprint density at radius 1 is 1.00 bits per heavy atom. The quantitative estimate of drug-likeness (QED) is 0.888. The number of hydrogen-bond acceptors (Lipinski definition) is 1. The zero-order valence-electron chi connectivity index (χ0n) is 11.4. The van der Waals surface area contributed by atoms with E-state index in [4.69, 9.17) is 0 Å². The average molecular weight is 270 g/mol. The predicted molar refractivity (Wildman–Crippen MR) is 77.8 cm³/mol. The molecular formula is C18H19FO. The molecule has 3 rings (SSSR count). The summed E-state index contributed by atoms with van der Waals surface area (Å²) in [6.07, 6.45) is 3.85. The van der Waals surface area contributed by atoms with Crippen LogP contribution in [0, 0.1) is 11.7 Å². The molecule has 1 aliphatic rings. The number of rotatable bonds is 4. The summed E-state index contributed by atoms with van der Waals surface area (Å²) in [7, 11) is 0. The van der Waals surface area contributed by atoms with Crippen molar-refractivity contribution in [3.63, 3.8) is 0 Å². The second kappa shape index (κ2) is 5.37. The van der Waals surface area contributed by atoms with Gasteiger partial charge in [-0.15, -0.1) is 0 Å². The number of benzene rings is 2. The fraction of sp³-hybridized carbons (Fsp3) is 0.333. The average Bonchev–Trinajstić information content (AvgIpc) is 2.40. The summed E-state index contributed by atoms with van der Waals surface area (Å²) in [4.78, 5) is 0. The smallest absolute Gasteiger partial charge is 0.123 e. The van der Waals surface area contributed by atoms with Crippen molar-refractivity contribution < 1.29 is 9.50 Å². The zero-order valence-corrected chi connectivity index (χ0v) is 11.4. The first-order chi connectivity index (χ1) is 9.68. The van der Waals surface area contributed by atoms with Crippen molar-refractivity contribution >= 4 is 0 Å². The van der Waals surface area contributed by atoms with Gasteiger partial charge in [0.25, 0.3) is 0 Å². The van der Waals surface area contributed by atoms with Crippen LogP contribution in [0.3, 0.4) is 0 Å². The van der Waals surface area contributed by atoms with Crippen LogP contribution in [0.25, 0.3) is 0 Å². The number of hydrogen-bond donors (Lipinski definition) is 1. The summed E-state index contributed by atoms with van der Waals surface area (Å²) >= 11 is 0. The maximum Gasteiger partial charge on any atom is 0.123 e. The third-order valence-corrected chi connectivity index (χ3v) is 4.44. The molecule has 0 aromatic heterocycles. The highest BCUT2D eigenvalue weighted by molar-refractivity contribution is 5.28. The molecule has 0 unspecified atom stereocenters. The minimum atomic E-state index is -0.836. The molecule has 0 saturated heterocycles. The van der Waals surface area contributed by atoms with Gasteiger partial charge in [0.2, 0.25) is 0 Å². The second-order valence-corrected chi connectivity index (χ2v) is 5.72. The van der Waals surface area contributed by atoms with Crippen molar-refractivity contribution in [3.8, 4) is 0 Å². The Hall–Kier alpha value is -1.67. The Morgan fingerprint density at radius 2 is 1.65 bits per heavy atom. The molecule has 0 heterocycles. The van der Waals surface area contributed by atoms with Crippen LogP contribution in [0.5, 0.6) is 0 Å². The normalized spacial score (nSPS) is 18.3. The van der Waals surface area contributed by atoms with Crippen LogP contribution < -0.4 is 0 Å². The third kappa shape index (κ3) is 2.48. The van der Waals surface area contributed by atoms with Crippen molar-refractivity contribution in [2.45, 2.75) is 31.3 Å². The lowest BCUT2D eigenvalue weighted by Gasteiger charge is -2.42. The number of aliphatic hydroxyl groups is 1. The van der Waals surface area contributed by atoms with Crippen LogP contribution in [0.2, 0.25) is 0 Å². The van der Waals surface area contributed by atoms with Crippen LogP contribution in [0.1, 0.15) is 30.4 Å². The van der Waals surface area contributed by atoms with Gasteiger partial charge in [-0.05, 0) is 42.0 Å². The monoisotopic (exact) mass is 270 g/mol. The molecule has 1 aliphatic carbocycles. The lowest BCUT2D eigenvalue weighted by Crippen LogP contribution is -2.41. The molecule has 0 amide bonds. The van der Waals surface area contributed by atoms with Crippen molar-refractivity contribution in [1.82, 2.24) is 0 Å². The Morgan fingerprint density at radius 3 is 2.20 bits per heavy atom. The standard InChI is InChI=1S/C18H19FO/c19-17-11-9-14(10-12-17)13-18(20,16-7-4-8-16)15-5-2-1-3-6-15/h1-3,5-6,9-12,16,20H,4,7-8,13H2/t18-/m0/s1. The van der Waals surface area contributed by atoms with Crippen molar-refractivity contribution in [2.75, 3.05) is 0 Å². The number of halogens is 1. The van der Waals surface area contributed by atoms with Gasteiger partial charge in [-0.2, -0.15) is 0 Å². The Balaban J connectivity index is 1.92. The zero-order chi connectivity index (χ0) is 14.0. The van der Waals surface area contributed by atoms with Crippen molar-refractivity contribution in [3.05, 3.63) is 71.5 Å². The summed E-state index contributed by atoms with van der Waals surface area (Å²) in [6, 6.07) is 16.3. The molecule has 0 spiro atoms. The van der Waals surface area contributed by atoms with E-state index in [9.17, 15) is 9.50 Å². The van der Waals surface area contributed by atoms with Gasteiger partial charge < -0.3 is 5.11 Å². The van der Waals surface area contributed by atoms with Crippen LogP contribution in [-0.2, 0) is 12.0 Å². The van der Waals surface area contributed by atoms with E-state index in [-0.39, 0.29) is 5.82 Å². The maximum absolute atomic E-state index is 13.0. The van der Waals surface area contributed by atoms with Gasteiger partial charge in [0, 0.05) is 6.42 Å². The predicted octanol–water partition coefficient (Wildman–Crippen LogP) is 4.06. The molecule has 0 bridgehead atoms. The Bertz CT molecular complexity index is 560. The second-order valence-electron chi connectivity index (χ2n) is 5.72. The Labute approximate surface area is 119 Å². The third-order valence-electron chi connectivity index (χ3n) is 4.44. The molecule has 1 nitrogen and oxygen atoms in total. The molecule has 0 aliphatic heterocycles. The van der Waals surface area contributed by atoms with Gasteiger partial charge in [0.1, 0.15) is 5.82 Å². The Kier molecular flexibility index (Phi) is 3.58. The minimum Gasteiger partial charge on any atom is -0.385 e. The van der Waals surface area contributed by atoms with E-state index in [1.54, 1.807) is 12.1 Å². The SMILES string of the molecule is O[C@@](Cc1ccc(F)cc1)(c1ccccc1)C1CCC1. The van der Waals surface area contributed by atoms with Gasteiger partial charge >= 0.3 is 0 Å². The fourth-order valence-corrected chi connectivity index (χ4v) is 3.01. The van der Waals surface area contributed by atoms with Crippen molar-refractivity contribution in [1.29, 1.82) is 0 Å². The molecule has 2 aromatic carbocycles. The van der Waals surface area contributed by atoms with Crippen LogP contribution >= 0.6 is 0 Å². The van der Waals surface area contributed by atoms with Gasteiger partial charge in [0.15, 0.2) is 0 Å². The van der Waals surface area contributed by atoms with Crippen molar-refractivity contribution in [2.24, 2.45) is 5.92 Å². The molecule has 20 heavy (non-hydrogen) atoms. The molecule has 1 saturated carbocycles. The minimum absolute atomic E-state index is 0.236. The fourth-order valence-electron chi connectivity index (χ4n) is 3.01. The topological polar surface area (TPSA) is 20.2 Å². The van der Waals surface area contributed by atoms with E-state index in [0.29, 0.717) is 12.3 Å². The van der Waals surface area contributed by atoms with Gasteiger partial charge in [-0.1, -0.05) is 48.9 Å². The first-order valence-corrected chi connectivity index (χ1v) is 7.21. The van der Waals surface area contributed by atoms with E-state index >= 15 is 0 Å². The van der Waals surface area contributed by atoms with Gasteiger partial charge in [-0.3, -0.25) is 0 Å². The lowest BCUT2D eigenvalue weighted by atomic mass is 9.67. The summed E-state index contributed by atoms with van der Waals surface area (Å²) in [5, 5.41) is 11.2. The lowest BCUT2D eigenvalue weighted by molar-refractivity contribution is -0.0561. The van der Waals surface area contributed by atoms with Gasteiger partial charge in [0.05, 0.1) is 5.60 Å². The van der Waals surface area contributed by atoms with Crippen LogP contribution in [0.4, 0.5) is 4.39 Å². The maximum atomic E-state index is 13.0. The molecule has 1 fully saturated rings. The molecule has 2 aromatic rings. The molecule has 1 N–H and O–H groups in total. The first kappa shape index (κ1) is 13.3. The summed E-state index contributed by atoms with van der Waals surface area (Å²) in [6.45, 7) is 0. The molecular weight excluding hydrogens is 251 g/mol. The summed E-state index contributed by atoms with van der Waals surface area (Å²) < 4.78 is 13.0. The highest BCUT2D eigenvalue weighted by Crippen LogP contribution is 2.44. The van der Waals surface area contributed by atoms with Crippen LogP contribution in [0.15, 0.2) is 54.6 Å². The largest absolute Gasteiger partial charge is 0.385 e. The molecule has 1 atom stereocenters. The van der Waals surface area contributed by atoms with E-state index in [0.717, 1.165) is 24.0 Å². The van der Waals surface area contributed by atoms with E-state index in [1.165, 1.54) is 18.6 Å². The van der Waals surface area contributed by atoms with Crippen LogP contribution in [-0.4, -0.2) is 5.11 Å². The van der Waals surface area contributed by atoms with Gasteiger partial charge in [-0.25, -0.2) is 4.39 Å². The highest BCUT2D eigenvalue weighted by Gasteiger charge is 2.41. The highest BCUT2D eigenvalue weighted by atomic mass is 19.1. The first-order valence-electron chi connectivity index (χ1n) is 7.21. The van der Waals surface area contributed by atoms with E-state index < -0.39 is 5.60 Å². The van der Waals surface area contributed by atoms with E-state index in [1.807, 2.05) is 30.3 Å². The molecule has 0 radical (unpaired) electrons. The van der Waals surface area contributed by atoms with E-state index in [2.05, 4.69) is 0 Å².